The zero-order valence-corrected chi connectivity index (χ0v) is 22.0. The molecule has 0 unspecified atom stereocenters. The van der Waals surface area contributed by atoms with Gasteiger partial charge in [-0.15, -0.1) is 0 Å². The first-order chi connectivity index (χ1) is 16.8. The predicted molar refractivity (Wildman–Crippen MR) is 137 cm³/mol. The van der Waals surface area contributed by atoms with Crippen LogP contribution in [0.4, 0.5) is 0 Å². The average Bonchev–Trinajstić information content (AvgIpc) is 3.12. The van der Waals surface area contributed by atoms with Gasteiger partial charge < -0.3 is 29.5 Å². The van der Waals surface area contributed by atoms with E-state index in [0.717, 1.165) is 19.6 Å². The van der Waals surface area contributed by atoms with Crippen molar-refractivity contribution in [1.82, 2.24) is 9.80 Å². The maximum atomic E-state index is 13.2. The number of carbonyl (C=O) groups is 2. The number of Topliss-reactive ketones (excluding diaryl/α,β-unsaturated/α-hetero) is 1. The number of aliphatic hydroxyl groups excluding tert-OH is 1. The zero-order valence-electron chi connectivity index (χ0n) is 20.4. The van der Waals surface area contributed by atoms with Crippen LogP contribution in [0.1, 0.15) is 37.4 Å². The number of hydrogen-bond donors (Lipinski definition) is 2. The molecule has 1 aliphatic rings. The van der Waals surface area contributed by atoms with Gasteiger partial charge in [-0.2, -0.15) is 0 Å². The number of carbonyl (C=O) groups excluding carboxylic acids is 2. The van der Waals surface area contributed by atoms with Gasteiger partial charge in [-0.1, -0.05) is 35.8 Å². The SMILES string of the molecule is CCN(CC)CCCN1C(=O)C(=O)C(=C(O)c2cc(Br)ccc2O)[C@H]1c1ccc(OC)c(OC)c1. The van der Waals surface area contributed by atoms with Gasteiger partial charge >= 0.3 is 0 Å². The zero-order chi connectivity index (χ0) is 25.7. The Balaban J connectivity index is 2.13. The molecule has 0 aromatic heterocycles. The van der Waals surface area contributed by atoms with Crippen molar-refractivity contribution in [1.29, 1.82) is 0 Å². The van der Waals surface area contributed by atoms with Gasteiger partial charge in [0.1, 0.15) is 11.5 Å². The monoisotopic (exact) mass is 546 g/mol. The van der Waals surface area contributed by atoms with E-state index in [4.69, 9.17) is 9.47 Å². The number of rotatable bonds is 10. The van der Waals surface area contributed by atoms with Crippen LogP contribution in [0, 0.1) is 0 Å². The van der Waals surface area contributed by atoms with Gasteiger partial charge in [-0.05, 0) is 62.0 Å². The Kier molecular flexibility index (Phi) is 8.80. The summed E-state index contributed by atoms with van der Waals surface area (Å²) in [6.07, 6.45) is 0.653. The minimum atomic E-state index is -0.857. The number of halogens is 1. The van der Waals surface area contributed by atoms with Crippen LogP contribution in [0.2, 0.25) is 0 Å². The van der Waals surface area contributed by atoms with E-state index in [2.05, 4.69) is 34.7 Å². The molecule has 0 radical (unpaired) electrons. The Labute approximate surface area is 213 Å². The molecule has 0 spiro atoms. The first-order valence-electron chi connectivity index (χ1n) is 11.5. The first-order valence-corrected chi connectivity index (χ1v) is 12.3. The van der Waals surface area contributed by atoms with Gasteiger partial charge in [0.25, 0.3) is 11.7 Å². The van der Waals surface area contributed by atoms with Crippen molar-refractivity contribution in [3.05, 3.63) is 57.6 Å². The number of benzene rings is 2. The number of ketones is 1. The second-order valence-corrected chi connectivity index (χ2v) is 9.06. The van der Waals surface area contributed by atoms with Crippen LogP contribution in [0.3, 0.4) is 0 Å². The Bertz CT molecular complexity index is 1130. The molecule has 9 heteroatoms. The fraction of sp³-hybridized carbons (Fsp3) is 0.385. The molecule has 0 aliphatic carbocycles. The average molecular weight is 547 g/mol. The first kappa shape index (κ1) is 26.6. The number of nitrogens with zero attached hydrogens (tertiary/aromatic N) is 2. The molecule has 1 fully saturated rings. The molecular weight excluding hydrogens is 516 g/mol. The molecule has 1 heterocycles. The number of hydrogen-bond acceptors (Lipinski definition) is 7. The number of methoxy groups -OCH3 is 2. The van der Waals surface area contributed by atoms with Crippen molar-refractivity contribution in [2.24, 2.45) is 0 Å². The Morgan fingerprint density at radius 3 is 2.37 bits per heavy atom. The molecule has 1 aliphatic heterocycles. The smallest absolute Gasteiger partial charge is 0.295 e. The van der Waals surface area contributed by atoms with E-state index in [9.17, 15) is 19.8 Å². The number of phenols is 1. The number of amides is 1. The Hall–Kier alpha value is -3.04. The quantitative estimate of drug-likeness (QED) is 0.260. The van der Waals surface area contributed by atoms with Gasteiger partial charge in [0.15, 0.2) is 11.5 Å². The fourth-order valence-corrected chi connectivity index (χ4v) is 4.69. The molecule has 1 saturated heterocycles. The predicted octanol–water partition coefficient (Wildman–Crippen LogP) is 4.33. The summed E-state index contributed by atoms with van der Waals surface area (Å²) in [7, 11) is 3.02. The normalized spacial score (nSPS) is 17.3. The van der Waals surface area contributed by atoms with Crippen molar-refractivity contribution < 1.29 is 29.3 Å². The van der Waals surface area contributed by atoms with Crippen molar-refractivity contribution in [3.63, 3.8) is 0 Å². The largest absolute Gasteiger partial charge is 0.507 e. The summed E-state index contributed by atoms with van der Waals surface area (Å²) < 4.78 is 11.4. The topological polar surface area (TPSA) is 99.5 Å². The highest BCUT2D eigenvalue weighted by Gasteiger charge is 2.46. The molecule has 0 bridgehead atoms. The Morgan fingerprint density at radius 1 is 1.06 bits per heavy atom. The van der Waals surface area contributed by atoms with Gasteiger partial charge in [0.05, 0.1) is 31.4 Å². The molecule has 2 aromatic rings. The summed E-state index contributed by atoms with van der Waals surface area (Å²) in [4.78, 5) is 30.1. The summed E-state index contributed by atoms with van der Waals surface area (Å²) in [5.41, 5.74) is 0.560. The fourth-order valence-electron chi connectivity index (χ4n) is 4.33. The van der Waals surface area contributed by atoms with Crippen LogP contribution in [-0.2, 0) is 9.59 Å². The highest BCUT2D eigenvalue weighted by molar-refractivity contribution is 9.10. The van der Waals surface area contributed by atoms with Crippen LogP contribution in [0.5, 0.6) is 17.2 Å². The number of aliphatic hydroxyl groups is 1. The van der Waals surface area contributed by atoms with E-state index < -0.39 is 23.5 Å². The lowest BCUT2D eigenvalue weighted by molar-refractivity contribution is -0.140. The highest BCUT2D eigenvalue weighted by Crippen LogP contribution is 2.43. The molecule has 1 atom stereocenters. The second-order valence-electron chi connectivity index (χ2n) is 8.15. The maximum Gasteiger partial charge on any atom is 0.295 e. The van der Waals surface area contributed by atoms with Crippen LogP contribution in [0.25, 0.3) is 5.76 Å². The van der Waals surface area contributed by atoms with Gasteiger partial charge in [0, 0.05) is 11.0 Å². The van der Waals surface area contributed by atoms with Gasteiger partial charge in [0.2, 0.25) is 0 Å². The van der Waals surface area contributed by atoms with E-state index in [1.165, 1.54) is 31.3 Å². The van der Waals surface area contributed by atoms with E-state index in [1.807, 2.05) is 0 Å². The highest BCUT2D eigenvalue weighted by atomic mass is 79.9. The molecular formula is C26H31BrN2O6. The standard InChI is InChI=1S/C26H31BrN2O6/c1-5-28(6-2)12-7-13-29-23(16-8-11-20(34-3)21(14-16)35-4)22(25(32)26(29)33)24(31)18-15-17(27)9-10-19(18)30/h8-11,14-15,23,30-31H,5-7,12-13H2,1-4H3/t23-/m1/s1. The molecule has 3 rings (SSSR count). The summed E-state index contributed by atoms with van der Waals surface area (Å²) in [5.74, 6) is -1.20. The molecule has 0 saturated carbocycles. The lowest BCUT2D eigenvalue weighted by Gasteiger charge is -2.27. The summed E-state index contributed by atoms with van der Waals surface area (Å²) in [6.45, 7) is 7.00. The van der Waals surface area contributed by atoms with E-state index in [-0.39, 0.29) is 16.9 Å². The molecule has 2 N–H and O–H groups in total. The van der Waals surface area contributed by atoms with E-state index in [0.29, 0.717) is 34.5 Å². The van der Waals surface area contributed by atoms with Crippen LogP contribution in [-0.4, -0.2) is 72.1 Å². The van der Waals surface area contributed by atoms with E-state index >= 15 is 0 Å². The van der Waals surface area contributed by atoms with Gasteiger partial charge in [-0.25, -0.2) is 0 Å². The summed E-state index contributed by atoms with van der Waals surface area (Å²) >= 11 is 3.33. The molecule has 188 valence electrons. The summed E-state index contributed by atoms with van der Waals surface area (Å²) in [5, 5.41) is 21.6. The molecule has 2 aromatic carbocycles. The lowest BCUT2D eigenvalue weighted by atomic mass is 9.94. The van der Waals surface area contributed by atoms with E-state index in [1.54, 1.807) is 24.3 Å². The number of ether oxygens (including phenoxy) is 2. The molecule has 35 heavy (non-hydrogen) atoms. The minimum Gasteiger partial charge on any atom is -0.507 e. The van der Waals surface area contributed by atoms with Crippen molar-refractivity contribution in [2.75, 3.05) is 40.4 Å². The van der Waals surface area contributed by atoms with Crippen molar-refractivity contribution in [3.8, 4) is 17.2 Å². The number of phenolic OH excluding ortho intramolecular Hbond substituents is 1. The third-order valence-electron chi connectivity index (χ3n) is 6.24. The minimum absolute atomic E-state index is 0.0611. The van der Waals surface area contributed by atoms with Crippen LogP contribution < -0.4 is 9.47 Å². The van der Waals surface area contributed by atoms with Crippen molar-refractivity contribution in [2.45, 2.75) is 26.3 Å². The third kappa shape index (κ3) is 5.46. The Morgan fingerprint density at radius 2 is 1.74 bits per heavy atom. The second kappa shape index (κ2) is 11.6. The van der Waals surface area contributed by atoms with Crippen LogP contribution >= 0.6 is 15.9 Å². The van der Waals surface area contributed by atoms with Crippen molar-refractivity contribution >= 4 is 33.4 Å². The van der Waals surface area contributed by atoms with Crippen LogP contribution in [0.15, 0.2) is 46.4 Å². The lowest BCUT2D eigenvalue weighted by Crippen LogP contribution is -2.33. The summed E-state index contributed by atoms with van der Waals surface area (Å²) in [6, 6.07) is 8.80. The number of aromatic hydroxyl groups is 1. The molecule has 1 amide bonds. The third-order valence-corrected chi connectivity index (χ3v) is 6.74. The maximum absolute atomic E-state index is 13.2. The van der Waals surface area contributed by atoms with Gasteiger partial charge in [-0.3, -0.25) is 9.59 Å². The number of likely N-dealkylation sites (tertiary alicyclic amines) is 1. The molecule has 8 nitrogen and oxygen atoms in total.